The molecule has 0 bridgehead atoms. The number of aromatic nitrogens is 1. The first kappa shape index (κ1) is 17.5. The summed E-state index contributed by atoms with van der Waals surface area (Å²) in [5.74, 6) is 0.104. The highest BCUT2D eigenvalue weighted by atomic mass is 35.5. The minimum atomic E-state index is 0.0313. The second kappa shape index (κ2) is 7.31. The van der Waals surface area contributed by atoms with Gasteiger partial charge in [-0.15, -0.1) is 0 Å². The van der Waals surface area contributed by atoms with Crippen LogP contribution in [0.3, 0.4) is 0 Å². The summed E-state index contributed by atoms with van der Waals surface area (Å²) in [4.78, 5) is 31.9. The van der Waals surface area contributed by atoms with Gasteiger partial charge in [-0.3, -0.25) is 9.59 Å². The molecule has 1 aromatic heterocycles. The molecule has 1 saturated heterocycles. The van der Waals surface area contributed by atoms with Crippen molar-refractivity contribution in [2.75, 3.05) is 26.2 Å². The number of hydrogen-bond donors (Lipinski definition) is 1. The molecule has 1 aliphatic heterocycles. The van der Waals surface area contributed by atoms with E-state index in [2.05, 4.69) is 4.98 Å². The van der Waals surface area contributed by atoms with E-state index in [1.54, 1.807) is 6.07 Å². The number of piperazine rings is 1. The van der Waals surface area contributed by atoms with E-state index in [-0.39, 0.29) is 11.8 Å². The third kappa shape index (κ3) is 4.04. The number of nitrogens with one attached hydrogen (secondary N) is 1. The quantitative estimate of drug-likeness (QED) is 0.916. The molecule has 1 fully saturated rings. The van der Waals surface area contributed by atoms with Gasteiger partial charge in [0, 0.05) is 42.6 Å². The van der Waals surface area contributed by atoms with Crippen molar-refractivity contribution in [1.82, 2.24) is 14.8 Å². The first-order valence-electron chi connectivity index (χ1n) is 8.42. The number of H-pyrrole nitrogens is 1. The van der Waals surface area contributed by atoms with Gasteiger partial charge in [0.05, 0.1) is 12.0 Å². The maximum Gasteiger partial charge on any atom is 0.255 e. The van der Waals surface area contributed by atoms with Crippen molar-refractivity contribution in [3.8, 4) is 0 Å². The molecule has 0 aliphatic carbocycles. The Hall–Kier alpha value is -2.27. The lowest BCUT2D eigenvalue weighted by Crippen LogP contribution is -2.51. The van der Waals surface area contributed by atoms with Crippen molar-refractivity contribution in [3.63, 3.8) is 0 Å². The summed E-state index contributed by atoms with van der Waals surface area (Å²) in [5, 5.41) is 0.637. The molecule has 6 heteroatoms. The molecule has 1 aromatic carbocycles. The van der Waals surface area contributed by atoms with Crippen molar-refractivity contribution in [2.45, 2.75) is 20.3 Å². The van der Waals surface area contributed by atoms with Crippen LogP contribution in [0, 0.1) is 13.8 Å². The SMILES string of the molecule is Cc1cc(C(=O)N2CCN(C(=O)Cc3cccc(Cl)c3)CC2)c(C)[nH]1. The molecule has 2 aromatic rings. The normalized spacial score (nSPS) is 14.7. The Balaban J connectivity index is 1.57. The van der Waals surface area contributed by atoms with E-state index in [0.717, 1.165) is 22.5 Å². The molecule has 0 spiro atoms. The van der Waals surface area contributed by atoms with Crippen LogP contribution < -0.4 is 0 Å². The van der Waals surface area contributed by atoms with Gasteiger partial charge in [-0.2, -0.15) is 0 Å². The number of halogens is 1. The summed E-state index contributed by atoms with van der Waals surface area (Å²) in [6.45, 7) is 6.09. The highest BCUT2D eigenvalue weighted by molar-refractivity contribution is 6.30. The second-order valence-corrected chi connectivity index (χ2v) is 6.91. The van der Waals surface area contributed by atoms with Gasteiger partial charge in [-0.05, 0) is 37.6 Å². The van der Waals surface area contributed by atoms with Crippen molar-refractivity contribution in [3.05, 3.63) is 57.9 Å². The van der Waals surface area contributed by atoms with Gasteiger partial charge in [-0.1, -0.05) is 23.7 Å². The zero-order valence-corrected chi connectivity index (χ0v) is 15.3. The number of aryl methyl sites for hydroxylation is 2. The topological polar surface area (TPSA) is 56.4 Å². The summed E-state index contributed by atoms with van der Waals surface area (Å²) in [5.41, 5.74) is 3.50. The molecule has 2 heterocycles. The van der Waals surface area contributed by atoms with Gasteiger partial charge in [0.1, 0.15) is 0 Å². The van der Waals surface area contributed by atoms with Crippen LogP contribution in [-0.4, -0.2) is 52.8 Å². The third-order valence-electron chi connectivity index (χ3n) is 4.54. The minimum Gasteiger partial charge on any atom is -0.362 e. The van der Waals surface area contributed by atoms with Crippen LogP contribution in [0.5, 0.6) is 0 Å². The molecule has 132 valence electrons. The number of benzene rings is 1. The average molecular weight is 360 g/mol. The Kier molecular flexibility index (Phi) is 5.13. The fraction of sp³-hybridized carbons (Fsp3) is 0.368. The molecule has 1 N–H and O–H groups in total. The highest BCUT2D eigenvalue weighted by Gasteiger charge is 2.26. The first-order valence-corrected chi connectivity index (χ1v) is 8.79. The minimum absolute atomic E-state index is 0.0313. The lowest BCUT2D eigenvalue weighted by Gasteiger charge is -2.35. The Morgan fingerprint density at radius 2 is 1.76 bits per heavy atom. The summed E-state index contributed by atoms with van der Waals surface area (Å²) >= 11 is 5.97. The molecule has 0 unspecified atom stereocenters. The number of carbonyl (C=O) groups is 2. The lowest BCUT2D eigenvalue weighted by molar-refractivity contribution is -0.131. The summed E-state index contributed by atoms with van der Waals surface area (Å²) in [7, 11) is 0. The molecule has 2 amide bonds. The summed E-state index contributed by atoms with van der Waals surface area (Å²) < 4.78 is 0. The highest BCUT2D eigenvalue weighted by Crippen LogP contribution is 2.16. The largest absolute Gasteiger partial charge is 0.362 e. The van der Waals surface area contributed by atoms with E-state index >= 15 is 0 Å². The number of carbonyl (C=O) groups excluding carboxylic acids is 2. The monoisotopic (exact) mass is 359 g/mol. The Morgan fingerprint density at radius 1 is 1.08 bits per heavy atom. The first-order chi connectivity index (χ1) is 11.9. The molecular weight excluding hydrogens is 338 g/mol. The average Bonchev–Trinajstić information content (AvgIpc) is 2.92. The van der Waals surface area contributed by atoms with Gasteiger partial charge < -0.3 is 14.8 Å². The number of aromatic amines is 1. The summed E-state index contributed by atoms with van der Waals surface area (Å²) in [6, 6.07) is 9.25. The zero-order chi connectivity index (χ0) is 18.0. The number of rotatable bonds is 3. The fourth-order valence-corrected chi connectivity index (χ4v) is 3.42. The van der Waals surface area contributed by atoms with Gasteiger partial charge in [-0.25, -0.2) is 0 Å². The molecule has 0 radical (unpaired) electrons. The molecule has 25 heavy (non-hydrogen) atoms. The number of amides is 2. The van der Waals surface area contributed by atoms with Gasteiger partial charge in [0.15, 0.2) is 0 Å². The number of nitrogens with zero attached hydrogens (tertiary/aromatic N) is 2. The molecule has 1 aliphatic rings. The van der Waals surface area contributed by atoms with Crippen LogP contribution in [-0.2, 0) is 11.2 Å². The summed E-state index contributed by atoms with van der Waals surface area (Å²) in [6.07, 6.45) is 0.338. The predicted octanol–water partition coefficient (Wildman–Crippen LogP) is 2.81. The van der Waals surface area contributed by atoms with Gasteiger partial charge in [0.2, 0.25) is 5.91 Å². The van der Waals surface area contributed by atoms with Crippen molar-refractivity contribution in [1.29, 1.82) is 0 Å². The van der Waals surface area contributed by atoms with Gasteiger partial charge >= 0.3 is 0 Å². The van der Waals surface area contributed by atoms with Crippen molar-refractivity contribution >= 4 is 23.4 Å². The maximum absolute atomic E-state index is 12.6. The molecule has 0 atom stereocenters. The van der Waals surface area contributed by atoms with Crippen LogP contribution in [0.25, 0.3) is 0 Å². The Labute approximate surface area is 152 Å². The fourth-order valence-electron chi connectivity index (χ4n) is 3.21. The molecular formula is C19H22ClN3O2. The molecule has 5 nitrogen and oxygen atoms in total. The van der Waals surface area contributed by atoms with Gasteiger partial charge in [0.25, 0.3) is 5.91 Å². The van der Waals surface area contributed by atoms with E-state index in [0.29, 0.717) is 37.6 Å². The van der Waals surface area contributed by atoms with E-state index in [9.17, 15) is 9.59 Å². The Morgan fingerprint density at radius 3 is 2.36 bits per heavy atom. The third-order valence-corrected chi connectivity index (χ3v) is 4.78. The van der Waals surface area contributed by atoms with E-state index in [1.165, 1.54) is 0 Å². The lowest BCUT2D eigenvalue weighted by atomic mass is 10.1. The Bertz CT molecular complexity index is 792. The van der Waals surface area contributed by atoms with Crippen LogP contribution in [0.4, 0.5) is 0 Å². The second-order valence-electron chi connectivity index (χ2n) is 6.47. The maximum atomic E-state index is 12.6. The standard InChI is InChI=1S/C19H22ClN3O2/c1-13-10-17(14(2)21-13)19(25)23-8-6-22(7-9-23)18(24)12-15-4-3-5-16(20)11-15/h3-5,10-11,21H,6-9,12H2,1-2H3. The van der Waals surface area contributed by atoms with Crippen LogP contribution in [0.2, 0.25) is 5.02 Å². The van der Waals surface area contributed by atoms with Crippen molar-refractivity contribution in [2.24, 2.45) is 0 Å². The van der Waals surface area contributed by atoms with E-state index in [4.69, 9.17) is 11.6 Å². The van der Waals surface area contributed by atoms with Crippen LogP contribution in [0.15, 0.2) is 30.3 Å². The van der Waals surface area contributed by atoms with Crippen molar-refractivity contribution < 1.29 is 9.59 Å². The van der Waals surface area contributed by atoms with E-state index in [1.807, 2.05) is 47.9 Å². The smallest absolute Gasteiger partial charge is 0.255 e. The molecule has 3 rings (SSSR count). The molecule has 0 saturated carbocycles. The van der Waals surface area contributed by atoms with E-state index < -0.39 is 0 Å². The predicted molar refractivity (Wildman–Crippen MR) is 97.9 cm³/mol. The number of hydrogen-bond acceptors (Lipinski definition) is 2. The van der Waals surface area contributed by atoms with Crippen LogP contribution in [0.1, 0.15) is 27.3 Å². The van der Waals surface area contributed by atoms with Crippen LogP contribution >= 0.6 is 11.6 Å². The zero-order valence-electron chi connectivity index (χ0n) is 14.5.